The van der Waals surface area contributed by atoms with Gasteiger partial charge in [0.25, 0.3) is 0 Å². The Hall–Kier alpha value is -1.91. The molecule has 1 aromatic heterocycles. The van der Waals surface area contributed by atoms with Crippen LogP contribution in [0.4, 0.5) is 0 Å². The third-order valence-corrected chi connectivity index (χ3v) is 3.20. The minimum atomic E-state index is -0.305. The molecular weight excluding hydrogens is 264 g/mol. The molecule has 0 amide bonds. The molecule has 2 aromatic rings. The summed E-state index contributed by atoms with van der Waals surface area (Å²) in [5, 5.41) is 0. The van der Waals surface area contributed by atoms with E-state index in [1.165, 1.54) is 0 Å². The summed E-state index contributed by atoms with van der Waals surface area (Å²) in [4.78, 5) is 4.21. The summed E-state index contributed by atoms with van der Waals surface area (Å²) in [5.41, 5.74) is 8.30. The van der Waals surface area contributed by atoms with Crippen molar-refractivity contribution in [3.63, 3.8) is 0 Å². The number of ether oxygens (including phenoxy) is 2. The summed E-state index contributed by atoms with van der Waals surface area (Å²) >= 11 is 0. The quantitative estimate of drug-likeness (QED) is 0.885. The number of rotatable bonds is 6. The van der Waals surface area contributed by atoms with Crippen LogP contribution in [0, 0.1) is 0 Å². The smallest absolute Gasteiger partial charge is 0.138 e. The number of benzene rings is 1. The van der Waals surface area contributed by atoms with Crippen LogP contribution in [0.1, 0.15) is 37.1 Å². The van der Waals surface area contributed by atoms with E-state index < -0.39 is 0 Å². The zero-order valence-corrected chi connectivity index (χ0v) is 12.7. The molecule has 0 radical (unpaired) electrons. The molecule has 0 aliphatic heterocycles. The van der Waals surface area contributed by atoms with Crippen LogP contribution in [-0.4, -0.2) is 18.2 Å². The third-order valence-electron chi connectivity index (χ3n) is 3.20. The van der Waals surface area contributed by atoms with E-state index in [0.717, 1.165) is 16.9 Å². The van der Waals surface area contributed by atoms with Crippen LogP contribution in [0.2, 0.25) is 0 Å². The fourth-order valence-electron chi connectivity index (χ4n) is 2.26. The van der Waals surface area contributed by atoms with E-state index in [0.29, 0.717) is 0 Å². The molecule has 0 fully saturated rings. The Labute approximate surface area is 125 Å². The lowest BCUT2D eigenvalue weighted by Gasteiger charge is -2.23. The molecule has 0 aliphatic rings. The van der Waals surface area contributed by atoms with Gasteiger partial charge in [-0.05, 0) is 31.0 Å². The molecule has 4 nitrogen and oxygen atoms in total. The van der Waals surface area contributed by atoms with Crippen LogP contribution in [0.15, 0.2) is 48.8 Å². The molecule has 1 heterocycles. The van der Waals surface area contributed by atoms with Gasteiger partial charge in [-0.25, -0.2) is 0 Å². The average Bonchev–Trinajstić information content (AvgIpc) is 2.48. The molecule has 0 bridgehead atoms. The fourth-order valence-corrected chi connectivity index (χ4v) is 2.26. The minimum absolute atomic E-state index is 0.102. The Morgan fingerprint density at radius 1 is 1.05 bits per heavy atom. The lowest BCUT2D eigenvalue weighted by Crippen LogP contribution is -2.21. The van der Waals surface area contributed by atoms with Crippen LogP contribution in [0.25, 0.3) is 0 Å². The van der Waals surface area contributed by atoms with Gasteiger partial charge >= 0.3 is 0 Å². The zero-order chi connectivity index (χ0) is 15.2. The first-order valence-corrected chi connectivity index (χ1v) is 7.06. The van der Waals surface area contributed by atoms with Crippen molar-refractivity contribution in [1.82, 2.24) is 4.98 Å². The van der Waals surface area contributed by atoms with Gasteiger partial charge in [0.15, 0.2) is 0 Å². The SMILES string of the molecule is COC(c1ccccc1)C(N)c1cncc(OC(C)C)c1. The maximum Gasteiger partial charge on any atom is 0.138 e. The lowest BCUT2D eigenvalue weighted by molar-refractivity contribution is 0.0799. The van der Waals surface area contributed by atoms with Crippen molar-refractivity contribution in [2.24, 2.45) is 5.73 Å². The monoisotopic (exact) mass is 286 g/mol. The molecule has 0 aliphatic carbocycles. The van der Waals surface area contributed by atoms with Crippen molar-refractivity contribution in [3.8, 4) is 5.75 Å². The number of nitrogens with zero attached hydrogens (tertiary/aromatic N) is 1. The van der Waals surface area contributed by atoms with Gasteiger partial charge in [0.1, 0.15) is 11.9 Å². The molecular formula is C17H22N2O2. The maximum absolute atomic E-state index is 6.36. The highest BCUT2D eigenvalue weighted by molar-refractivity contribution is 5.29. The van der Waals surface area contributed by atoms with Gasteiger partial charge in [0.2, 0.25) is 0 Å². The largest absolute Gasteiger partial charge is 0.489 e. The van der Waals surface area contributed by atoms with E-state index in [4.69, 9.17) is 15.2 Å². The van der Waals surface area contributed by atoms with E-state index in [2.05, 4.69) is 4.98 Å². The number of aromatic nitrogens is 1. The second-order valence-electron chi connectivity index (χ2n) is 5.21. The lowest BCUT2D eigenvalue weighted by atomic mass is 9.97. The Kier molecular flexibility index (Phi) is 5.31. The minimum Gasteiger partial charge on any atom is -0.489 e. The van der Waals surface area contributed by atoms with Crippen molar-refractivity contribution in [1.29, 1.82) is 0 Å². The number of hydrogen-bond acceptors (Lipinski definition) is 4. The van der Waals surface area contributed by atoms with Crippen molar-refractivity contribution in [2.75, 3.05) is 7.11 Å². The number of methoxy groups -OCH3 is 1. The predicted octanol–water partition coefficient (Wildman–Crippen LogP) is 3.26. The maximum atomic E-state index is 6.36. The molecule has 112 valence electrons. The number of pyridine rings is 1. The first-order valence-electron chi connectivity index (χ1n) is 7.06. The van der Waals surface area contributed by atoms with Crippen molar-refractivity contribution < 1.29 is 9.47 Å². The van der Waals surface area contributed by atoms with Crippen LogP contribution in [0.3, 0.4) is 0 Å². The summed E-state index contributed by atoms with van der Waals surface area (Å²) in [6.07, 6.45) is 3.33. The number of nitrogens with two attached hydrogens (primary N) is 1. The summed E-state index contributed by atoms with van der Waals surface area (Å²) in [6.45, 7) is 3.96. The molecule has 21 heavy (non-hydrogen) atoms. The molecule has 2 atom stereocenters. The Morgan fingerprint density at radius 2 is 1.76 bits per heavy atom. The van der Waals surface area contributed by atoms with Crippen LogP contribution >= 0.6 is 0 Å². The van der Waals surface area contributed by atoms with Gasteiger partial charge in [-0.1, -0.05) is 30.3 Å². The van der Waals surface area contributed by atoms with Gasteiger partial charge in [0, 0.05) is 13.3 Å². The summed E-state index contributed by atoms with van der Waals surface area (Å²) in [7, 11) is 1.67. The van der Waals surface area contributed by atoms with Crippen molar-refractivity contribution in [2.45, 2.75) is 32.1 Å². The molecule has 2 unspecified atom stereocenters. The van der Waals surface area contributed by atoms with Gasteiger partial charge < -0.3 is 15.2 Å². The van der Waals surface area contributed by atoms with Gasteiger partial charge in [-0.15, -0.1) is 0 Å². The van der Waals surface area contributed by atoms with Crippen molar-refractivity contribution >= 4 is 0 Å². The van der Waals surface area contributed by atoms with Crippen LogP contribution in [-0.2, 0) is 4.74 Å². The van der Waals surface area contributed by atoms with Crippen LogP contribution in [0.5, 0.6) is 5.75 Å². The van der Waals surface area contributed by atoms with E-state index in [1.807, 2.05) is 50.2 Å². The first kappa shape index (κ1) is 15.5. The van der Waals surface area contributed by atoms with Gasteiger partial charge in [-0.2, -0.15) is 0 Å². The standard InChI is InChI=1S/C17H22N2O2/c1-12(2)21-15-9-14(10-19-11-15)16(18)17(20-3)13-7-5-4-6-8-13/h4-12,16-17H,18H2,1-3H3. The van der Waals surface area contributed by atoms with Gasteiger partial charge in [0.05, 0.1) is 18.3 Å². The predicted molar refractivity (Wildman–Crippen MR) is 83.1 cm³/mol. The summed E-state index contributed by atoms with van der Waals surface area (Å²) in [6, 6.07) is 11.6. The highest BCUT2D eigenvalue weighted by Gasteiger charge is 2.21. The van der Waals surface area contributed by atoms with E-state index in [1.54, 1.807) is 19.5 Å². The molecule has 0 saturated carbocycles. The molecule has 0 saturated heterocycles. The van der Waals surface area contributed by atoms with Crippen molar-refractivity contribution in [3.05, 3.63) is 59.9 Å². The van der Waals surface area contributed by atoms with E-state index in [-0.39, 0.29) is 18.2 Å². The second kappa shape index (κ2) is 7.20. The summed E-state index contributed by atoms with van der Waals surface area (Å²) < 4.78 is 11.2. The third kappa shape index (κ3) is 4.03. The Balaban J connectivity index is 2.23. The Morgan fingerprint density at radius 3 is 2.38 bits per heavy atom. The highest BCUT2D eigenvalue weighted by Crippen LogP contribution is 2.30. The summed E-state index contributed by atoms with van der Waals surface area (Å²) in [5.74, 6) is 0.723. The Bertz CT molecular complexity index is 558. The average molecular weight is 286 g/mol. The molecule has 0 spiro atoms. The topological polar surface area (TPSA) is 57.4 Å². The highest BCUT2D eigenvalue weighted by atomic mass is 16.5. The molecule has 2 rings (SSSR count). The fraction of sp³-hybridized carbons (Fsp3) is 0.353. The number of hydrogen-bond donors (Lipinski definition) is 1. The second-order valence-corrected chi connectivity index (χ2v) is 5.21. The van der Waals surface area contributed by atoms with Gasteiger partial charge in [-0.3, -0.25) is 4.98 Å². The molecule has 4 heteroatoms. The zero-order valence-electron chi connectivity index (χ0n) is 12.7. The molecule has 1 aromatic carbocycles. The first-order chi connectivity index (χ1) is 10.1. The van der Waals surface area contributed by atoms with E-state index in [9.17, 15) is 0 Å². The van der Waals surface area contributed by atoms with Crippen LogP contribution < -0.4 is 10.5 Å². The normalized spacial score (nSPS) is 14.0. The van der Waals surface area contributed by atoms with E-state index >= 15 is 0 Å². The molecule has 2 N–H and O–H groups in total.